The number of allylic oxidation sites excluding steroid dienone is 6. The van der Waals surface area contributed by atoms with E-state index in [-0.39, 0.29) is 11.1 Å². The van der Waals surface area contributed by atoms with Gasteiger partial charge in [0.15, 0.2) is 6.29 Å². The predicted molar refractivity (Wildman–Crippen MR) is 91.4 cm³/mol. The van der Waals surface area contributed by atoms with Crippen LogP contribution in [0.2, 0.25) is 0 Å². The van der Waals surface area contributed by atoms with Gasteiger partial charge < -0.3 is 4.74 Å². The molecule has 0 bridgehead atoms. The van der Waals surface area contributed by atoms with Crippen molar-refractivity contribution in [2.75, 3.05) is 0 Å². The highest BCUT2D eigenvalue weighted by Crippen LogP contribution is 2.23. The van der Waals surface area contributed by atoms with Gasteiger partial charge in [-0.3, -0.25) is 4.79 Å². The molecule has 0 amide bonds. The minimum Gasteiger partial charge on any atom is -0.456 e. The summed E-state index contributed by atoms with van der Waals surface area (Å²) in [6, 6.07) is 0. The monoisotopic (exact) mass is 300 g/mol. The maximum atomic E-state index is 12.3. The maximum absolute atomic E-state index is 12.3. The zero-order chi connectivity index (χ0) is 17.2. The second-order valence-corrected chi connectivity index (χ2v) is 5.20. The van der Waals surface area contributed by atoms with Crippen LogP contribution < -0.4 is 0 Å². The van der Waals surface area contributed by atoms with Crippen molar-refractivity contribution in [1.29, 1.82) is 0 Å². The molecule has 0 aliphatic rings. The van der Waals surface area contributed by atoms with Crippen molar-refractivity contribution >= 4 is 12.3 Å². The fourth-order valence-corrected chi connectivity index (χ4v) is 1.88. The maximum Gasteiger partial charge on any atom is 0.339 e. The lowest BCUT2D eigenvalue weighted by atomic mass is 9.97. The quantitative estimate of drug-likeness (QED) is 0.277. The van der Waals surface area contributed by atoms with E-state index in [1.54, 1.807) is 45.1 Å². The molecule has 0 heterocycles. The third-order valence-corrected chi connectivity index (χ3v) is 2.80. The van der Waals surface area contributed by atoms with Crippen molar-refractivity contribution in [3.63, 3.8) is 0 Å². The summed E-state index contributed by atoms with van der Waals surface area (Å²) in [4.78, 5) is 23.4. The number of hydrogen-bond donors (Lipinski definition) is 0. The van der Waals surface area contributed by atoms with E-state index < -0.39 is 11.6 Å². The average Bonchev–Trinajstić information content (AvgIpc) is 2.45. The van der Waals surface area contributed by atoms with E-state index in [1.807, 2.05) is 6.08 Å². The summed E-state index contributed by atoms with van der Waals surface area (Å²) in [5.74, 6) is -0.581. The number of ether oxygens (including phenoxy) is 1. The van der Waals surface area contributed by atoms with Crippen LogP contribution in [0.1, 0.15) is 27.2 Å². The molecule has 0 aliphatic carbocycles. The van der Waals surface area contributed by atoms with Crippen LogP contribution in [0, 0.1) is 0 Å². The third-order valence-electron chi connectivity index (χ3n) is 2.80. The van der Waals surface area contributed by atoms with E-state index in [2.05, 4.69) is 19.7 Å². The van der Waals surface area contributed by atoms with E-state index in [1.165, 1.54) is 6.08 Å². The fraction of sp³-hybridized carbons (Fsp3) is 0.263. The Labute approximate surface area is 133 Å². The Hall–Kier alpha value is -2.42. The Morgan fingerprint density at radius 1 is 1.18 bits per heavy atom. The molecule has 0 unspecified atom stereocenters. The minimum absolute atomic E-state index is 0.147. The molecule has 0 rings (SSSR count). The average molecular weight is 300 g/mol. The van der Waals surface area contributed by atoms with Crippen LogP contribution in [0.4, 0.5) is 0 Å². The van der Waals surface area contributed by atoms with Gasteiger partial charge in [0, 0.05) is 12.0 Å². The summed E-state index contributed by atoms with van der Waals surface area (Å²) < 4.78 is 5.51. The first-order chi connectivity index (χ1) is 10.3. The lowest BCUT2D eigenvalue weighted by Crippen LogP contribution is -2.29. The summed E-state index contributed by atoms with van der Waals surface area (Å²) >= 11 is 0. The second kappa shape index (κ2) is 9.50. The zero-order valence-electron chi connectivity index (χ0n) is 13.6. The zero-order valence-corrected chi connectivity index (χ0v) is 13.6. The van der Waals surface area contributed by atoms with E-state index in [9.17, 15) is 9.59 Å². The van der Waals surface area contributed by atoms with Gasteiger partial charge >= 0.3 is 5.97 Å². The molecule has 0 fully saturated rings. The Bertz CT molecular complexity index is 543. The molecule has 0 saturated carbocycles. The van der Waals surface area contributed by atoms with Gasteiger partial charge in [-0.05, 0) is 26.3 Å². The van der Waals surface area contributed by atoms with Crippen molar-refractivity contribution in [2.45, 2.75) is 32.8 Å². The molecular weight excluding hydrogens is 276 g/mol. The summed E-state index contributed by atoms with van der Waals surface area (Å²) in [7, 11) is 0. The van der Waals surface area contributed by atoms with Crippen molar-refractivity contribution < 1.29 is 14.3 Å². The molecule has 0 aromatic heterocycles. The van der Waals surface area contributed by atoms with Gasteiger partial charge in [-0.1, -0.05) is 56.2 Å². The van der Waals surface area contributed by atoms with Gasteiger partial charge in [0.1, 0.15) is 5.60 Å². The number of carbonyl (C=O) groups is 2. The number of aldehydes is 1. The van der Waals surface area contributed by atoms with Crippen molar-refractivity contribution in [2.24, 2.45) is 0 Å². The normalized spacial score (nSPS) is 13.3. The molecule has 0 atom stereocenters. The lowest BCUT2D eigenvalue weighted by molar-refractivity contribution is -0.151. The van der Waals surface area contributed by atoms with Gasteiger partial charge in [-0.15, -0.1) is 0 Å². The first-order valence-corrected chi connectivity index (χ1v) is 6.97. The van der Waals surface area contributed by atoms with E-state index in [0.717, 1.165) is 5.57 Å². The van der Waals surface area contributed by atoms with Crippen LogP contribution in [-0.2, 0) is 14.3 Å². The highest BCUT2D eigenvalue weighted by atomic mass is 16.6. The Morgan fingerprint density at radius 3 is 2.23 bits per heavy atom. The van der Waals surface area contributed by atoms with Crippen LogP contribution in [0.25, 0.3) is 0 Å². The fourth-order valence-electron chi connectivity index (χ4n) is 1.88. The molecule has 0 spiro atoms. The molecular formula is C19H24O3. The molecule has 22 heavy (non-hydrogen) atoms. The molecule has 0 saturated heterocycles. The summed E-state index contributed by atoms with van der Waals surface area (Å²) in [5.41, 5.74) is 0.539. The number of carbonyl (C=O) groups excluding carboxylic acids is 2. The first kappa shape index (κ1) is 19.6. The SMILES string of the molecule is C=C/C=C(\C=C)CC(C)(C)OC(=O)/C(C=C)=C(C=O)/C=C\C. The largest absolute Gasteiger partial charge is 0.456 e. The van der Waals surface area contributed by atoms with Crippen LogP contribution in [0.5, 0.6) is 0 Å². The molecule has 3 nitrogen and oxygen atoms in total. The lowest BCUT2D eigenvalue weighted by Gasteiger charge is -2.26. The van der Waals surface area contributed by atoms with Gasteiger partial charge in [0.25, 0.3) is 0 Å². The number of hydrogen-bond acceptors (Lipinski definition) is 3. The number of esters is 1. The highest BCUT2D eigenvalue weighted by molar-refractivity contribution is 5.99. The van der Waals surface area contributed by atoms with Gasteiger partial charge in [-0.25, -0.2) is 4.79 Å². The summed E-state index contributed by atoms with van der Waals surface area (Å²) in [5, 5.41) is 0. The molecule has 118 valence electrons. The van der Waals surface area contributed by atoms with Crippen LogP contribution >= 0.6 is 0 Å². The van der Waals surface area contributed by atoms with E-state index in [0.29, 0.717) is 12.7 Å². The highest BCUT2D eigenvalue weighted by Gasteiger charge is 2.25. The van der Waals surface area contributed by atoms with Crippen LogP contribution in [-0.4, -0.2) is 17.9 Å². The van der Waals surface area contributed by atoms with Gasteiger partial charge in [0.05, 0.1) is 5.57 Å². The Balaban J connectivity index is 5.35. The van der Waals surface area contributed by atoms with Gasteiger partial charge in [0.2, 0.25) is 0 Å². The Kier molecular flexibility index (Phi) is 8.46. The van der Waals surface area contributed by atoms with Gasteiger partial charge in [-0.2, -0.15) is 0 Å². The predicted octanol–water partition coefficient (Wildman–Crippen LogP) is 4.25. The molecule has 0 radical (unpaired) electrons. The van der Waals surface area contributed by atoms with Crippen molar-refractivity contribution in [3.8, 4) is 0 Å². The van der Waals surface area contributed by atoms with Crippen LogP contribution in [0.3, 0.4) is 0 Å². The minimum atomic E-state index is -0.752. The molecule has 0 N–H and O–H groups in total. The molecule has 0 aliphatic heterocycles. The first-order valence-electron chi connectivity index (χ1n) is 6.97. The summed E-state index contributed by atoms with van der Waals surface area (Å²) in [6.45, 7) is 16.3. The smallest absolute Gasteiger partial charge is 0.339 e. The topological polar surface area (TPSA) is 43.4 Å². The standard InChI is InChI=1S/C19H24O3/c1-7-11-15(9-3)13-19(5,6)22-18(21)17(10-4)16(14-20)12-8-2/h7-12,14H,1,3-4,13H2,2,5-6H3/b12-8-,15-11+,17-16-. The van der Waals surface area contributed by atoms with Crippen molar-refractivity contribution in [3.05, 3.63) is 72.9 Å². The van der Waals surface area contributed by atoms with E-state index >= 15 is 0 Å². The van der Waals surface area contributed by atoms with E-state index in [4.69, 9.17) is 4.74 Å². The number of rotatable bonds is 9. The third kappa shape index (κ3) is 6.35. The van der Waals surface area contributed by atoms with Crippen LogP contribution in [0.15, 0.2) is 72.9 Å². The van der Waals surface area contributed by atoms with Crippen molar-refractivity contribution in [1.82, 2.24) is 0 Å². The molecule has 0 aromatic carbocycles. The molecule has 0 aromatic rings. The summed E-state index contributed by atoms with van der Waals surface area (Å²) in [6.07, 6.45) is 10.8. The molecule has 3 heteroatoms. The Morgan fingerprint density at radius 2 is 1.82 bits per heavy atom. The second-order valence-electron chi connectivity index (χ2n) is 5.20.